The van der Waals surface area contributed by atoms with Gasteiger partial charge in [-0.15, -0.1) is 0 Å². The molecule has 2 aromatic carbocycles. The van der Waals surface area contributed by atoms with Crippen LogP contribution in [0.2, 0.25) is 0 Å². The second-order valence-corrected chi connectivity index (χ2v) is 6.12. The standard InChI is InChI=1S/C23H25NO4/c1-3-27-22(25)21(16-18(2)14-15-19-10-6-4-7-11-19)24-23(26)28-17-20-12-8-5-9-13-20/h4-15,21H,2-3,16-17H2,1H3,(H,24,26)/b15-14+/t21-/m1/s1. The predicted molar refractivity (Wildman–Crippen MR) is 109 cm³/mol. The Balaban J connectivity index is 1.93. The maximum absolute atomic E-state index is 12.2. The van der Waals surface area contributed by atoms with Crippen LogP contribution in [0.5, 0.6) is 0 Å². The van der Waals surface area contributed by atoms with Gasteiger partial charge in [0.2, 0.25) is 0 Å². The number of esters is 1. The first-order valence-corrected chi connectivity index (χ1v) is 9.13. The van der Waals surface area contributed by atoms with Gasteiger partial charge in [0, 0.05) is 6.42 Å². The number of ether oxygens (including phenoxy) is 2. The lowest BCUT2D eigenvalue weighted by Gasteiger charge is -2.17. The van der Waals surface area contributed by atoms with Crippen molar-refractivity contribution in [2.45, 2.75) is 26.0 Å². The van der Waals surface area contributed by atoms with E-state index >= 15 is 0 Å². The smallest absolute Gasteiger partial charge is 0.408 e. The van der Waals surface area contributed by atoms with E-state index in [0.717, 1.165) is 11.1 Å². The number of alkyl carbamates (subject to hydrolysis) is 1. The lowest BCUT2D eigenvalue weighted by atomic mass is 10.1. The van der Waals surface area contributed by atoms with Gasteiger partial charge in [0.15, 0.2) is 0 Å². The predicted octanol–water partition coefficient (Wildman–Crippen LogP) is 4.50. The summed E-state index contributed by atoms with van der Waals surface area (Å²) in [4.78, 5) is 24.3. The quantitative estimate of drug-likeness (QED) is 0.514. The van der Waals surface area contributed by atoms with Gasteiger partial charge in [-0.05, 0) is 18.1 Å². The molecule has 5 heteroatoms. The molecule has 0 aliphatic rings. The Morgan fingerprint density at radius 3 is 2.32 bits per heavy atom. The van der Waals surface area contributed by atoms with Crippen LogP contribution in [0.1, 0.15) is 24.5 Å². The van der Waals surface area contributed by atoms with Gasteiger partial charge in [-0.1, -0.05) is 85.0 Å². The van der Waals surface area contributed by atoms with Crippen LogP contribution in [0.15, 0.2) is 78.9 Å². The zero-order valence-electron chi connectivity index (χ0n) is 16.0. The molecule has 1 amide bonds. The summed E-state index contributed by atoms with van der Waals surface area (Å²) in [6, 6.07) is 18.2. The fraction of sp³-hybridized carbons (Fsp3) is 0.217. The van der Waals surface area contributed by atoms with Crippen LogP contribution < -0.4 is 5.32 Å². The van der Waals surface area contributed by atoms with Crippen LogP contribution in [0.4, 0.5) is 4.79 Å². The minimum atomic E-state index is -0.865. The van der Waals surface area contributed by atoms with Gasteiger partial charge in [-0.25, -0.2) is 9.59 Å². The highest BCUT2D eigenvalue weighted by atomic mass is 16.6. The summed E-state index contributed by atoms with van der Waals surface area (Å²) in [7, 11) is 0. The maximum Gasteiger partial charge on any atom is 0.408 e. The van der Waals surface area contributed by atoms with Gasteiger partial charge in [-0.2, -0.15) is 0 Å². The number of allylic oxidation sites excluding steroid dienone is 1. The summed E-state index contributed by atoms with van der Waals surface area (Å²) in [5.41, 5.74) is 2.57. The number of rotatable bonds is 9. The highest BCUT2D eigenvalue weighted by Gasteiger charge is 2.23. The van der Waals surface area contributed by atoms with E-state index in [9.17, 15) is 9.59 Å². The summed E-state index contributed by atoms with van der Waals surface area (Å²) in [6.07, 6.45) is 3.26. The van der Waals surface area contributed by atoms with Crippen molar-refractivity contribution >= 4 is 18.1 Å². The van der Waals surface area contributed by atoms with Crippen LogP contribution >= 0.6 is 0 Å². The zero-order chi connectivity index (χ0) is 20.2. The number of amides is 1. The van der Waals surface area contributed by atoms with E-state index in [2.05, 4.69) is 11.9 Å². The minimum Gasteiger partial charge on any atom is -0.464 e. The molecule has 0 aromatic heterocycles. The Kier molecular flexibility index (Phi) is 8.53. The van der Waals surface area contributed by atoms with Crippen LogP contribution in [0.25, 0.3) is 6.08 Å². The Morgan fingerprint density at radius 1 is 1.04 bits per heavy atom. The Labute approximate surface area is 165 Å². The SMILES string of the molecule is C=C(/C=C/c1ccccc1)C[C@@H](NC(=O)OCc1ccccc1)C(=O)OCC. The summed E-state index contributed by atoms with van der Waals surface area (Å²) in [5, 5.41) is 2.57. The molecule has 0 unspecified atom stereocenters. The lowest BCUT2D eigenvalue weighted by Crippen LogP contribution is -2.42. The highest BCUT2D eigenvalue weighted by molar-refractivity contribution is 5.81. The molecule has 0 aliphatic carbocycles. The molecule has 28 heavy (non-hydrogen) atoms. The average Bonchev–Trinajstić information content (AvgIpc) is 2.72. The molecule has 2 aromatic rings. The number of hydrogen-bond acceptors (Lipinski definition) is 4. The van der Waals surface area contributed by atoms with Crippen LogP contribution in [-0.2, 0) is 20.9 Å². The molecule has 1 atom stereocenters. The van der Waals surface area contributed by atoms with Gasteiger partial charge in [0.1, 0.15) is 12.6 Å². The molecule has 0 spiro atoms. The van der Waals surface area contributed by atoms with Crippen molar-refractivity contribution in [3.8, 4) is 0 Å². The third-order valence-corrected chi connectivity index (χ3v) is 3.85. The van der Waals surface area contributed by atoms with E-state index in [4.69, 9.17) is 9.47 Å². The van der Waals surface area contributed by atoms with Crippen molar-refractivity contribution in [3.05, 3.63) is 90.0 Å². The van der Waals surface area contributed by atoms with E-state index in [1.165, 1.54) is 0 Å². The molecule has 0 bridgehead atoms. The Morgan fingerprint density at radius 2 is 1.68 bits per heavy atom. The molecule has 0 fully saturated rings. The Hall–Kier alpha value is -3.34. The van der Waals surface area contributed by atoms with Crippen molar-refractivity contribution in [1.82, 2.24) is 5.32 Å². The van der Waals surface area contributed by atoms with Crippen molar-refractivity contribution in [2.24, 2.45) is 0 Å². The monoisotopic (exact) mass is 379 g/mol. The van der Waals surface area contributed by atoms with Crippen molar-refractivity contribution in [2.75, 3.05) is 6.61 Å². The first kappa shape index (κ1) is 21.0. The summed E-state index contributed by atoms with van der Waals surface area (Å²) in [6.45, 7) is 6.03. The van der Waals surface area contributed by atoms with E-state index in [1.807, 2.05) is 72.8 Å². The molecule has 146 valence electrons. The maximum atomic E-state index is 12.2. The molecule has 1 N–H and O–H groups in total. The van der Waals surface area contributed by atoms with Crippen molar-refractivity contribution in [3.63, 3.8) is 0 Å². The van der Waals surface area contributed by atoms with Gasteiger partial charge >= 0.3 is 12.1 Å². The van der Waals surface area contributed by atoms with E-state index in [1.54, 1.807) is 6.92 Å². The molecule has 5 nitrogen and oxygen atoms in total. The van der Waals surface area contributed by atoms with Crippen LogP contribution in [0.3, 0.4) is 0 Å². The third-order valence-electron chi connectivity index (χ3n) is 3.85. The number of carbonyl (C=O) groups excluding carboxylic acids is 2. The summed E-state index contributed by atoms with van der Waals surface area (Å²) < 4.78 is 10.2. The lowest BCUT2D eigenvalue weighted by molar-refractivity contribution is -0.145. The number of nitrogens with one attached hydrogen (secondary N) is 1. The molecular weight excluding hydrogens is 354 g/mol. The molecular formula is C23H25NO4. The number of benzene rings is 2. The van der Waals surface area contributed by atoms with Gasteiger partial charge < -0.3 is 14.8 Å². The van der Waals surface area contributed by atoms with E-state index in [0.29, 0.717) is 5.57 Å². The summed E-state index contributed by atoms with van der Waals surface area (Å²) in [5.74, 6) is -0.520. The van der Waals surface area contributed by atoms with Crippen molar-refractivity contribution in [1.29, 1.82) is 0 Å². The number of hydrogen-bond donors (Lipinski definition) is 1. The molecule has 0 aliphatic heterocycles. The Bertz CT molecular complexity index is 800. The third kappa shape index (κ3) is 7.50. The second kappa shape index (κ2) is 11.4. The highest BCUT2D eigenvalue weighted by Crippen LogP contribution is 2.11. The fourth-order valence-corrected chi connectivity index (χ4v) is 2.45. The second-order valence-electron chi connectivity index (χ2n) is 6.12. The molecule has 0 heterocycles. The van der Waals surface area contributed by atoms with E-state index in [-0.39, 0.29) is 19.6 Å². The van der Waals surface area contributed by atoms with Crippen LogP contribution in [-0.4, -0.2) is 24.7 Å². The molecule has 2 rings (SSSR count). The topological polar surface area (TPSA) is 64.6 Å². The van der Waals surface area contributed by atoms with Gasteiger partial charge in [-0.3, -0.25) is 0 Å². The van der Waals surface area contributed by atoms with Crippen LogP contribution in [0, 0.1) is 0 Å². The number of carbonyl (C=O) groups is 2. The summed E-state index contributed by atoms with van der Waals surface area (Å²) >= 11 is 0. The van der Waals surface area contributed by atoms with Gasteiger partial charge in [0.25, 0.3) is 0 Å². The largest absolute Gasteiger partial charge is 0.464 e. The fourth-order valence-electron chi connectivity index (χ4n) is 2.45. The normalized spacial score (nSPS) is 11.6. The molecule has 0 saturated carbocycles. The first-order chi connectivity index (χ1) is 13.6. The van der Waals surface area contributed by atoms with Crippen molar-refractivity contribution < 1.29 is 19.1 Å². The van der Waals surface area contributed by atoms with Gasteiger partial charge in [0.05, 0.1) is 6.61 Å². The minimum absolute atomic E-state index is 0.122. The first-order valence-electron chi connectivity index (χ1n) is 9.13. The molecule has 0 radical (unpaired) electrons. The van der Waals surface area contributed by atoms with E-state index < -0.39 is 18.1 Å². The molecule has 0 saturated heterocycles. The average molecular weight is 379 g/mol. The zero-order valence-corrected chi connectivity index (χ0v) is 16.0.